The Morgan fingerprint density at radius 2 is 2.00 bits per heavy atom. The van der Waals surface area contributed by atoms with E-state index in [1.54, 1.807) is 0 Å². The lowest BCUT2D eigenvalue weighted by molar-refractivity contribution is 0.0600. The van der Waals surface area contributed by atoms with Crippen LogP contribution >= 0.6 is 0 Å². The molecule has 1 N–H and O–H groups in total. The van der Waals surface area contributed by atoms with Gasteiger partial charge in [-0.25, -0.2) is 4.79 Å². The fourth-order valence-corrected chi connectivity index (χ4v) is 2.90. The predicted octanol–water partition coefficient (Wildman–Crippen LogP) is 5.55. The minimum absolute atomic E-state index is 0.289. The first kappa shape index (κ1) is 17.3. The molecule has 0 fully saturated rings. The summed E-state index contributed by atoms with van der Waals surface area (Å²) in [4.78, 5) is 15.5. The molecule has 0 bridgehead atoms. The average Bonchev–Trinajstić information content (AvgIpc) is 2.85. The summed E-state index contributed by atoms with van der Waals surface area (Å²) in [7, 11) is 1.43. The Kier molecular flexibility index (Phi) is 6.03. The quantitative estimate of drug-likeness (QED) is 0.537. The van der Waals surface area contributed by atoms with Crippen LogP contribution in [0.2, 0.25) is 0 Å². The van der Waals surface area contributed by atoms with Gasteiger partial charge in [-0.3, -0.25) is 0 Å². The smallest absolute Gasteiger partial charge is 0.338 e. The van der Waals surface area contributed by atoms with E-state index in [2.05, 4.69) is 37.9 Å². The molecule has 0 radical (unpaired) electrons. The summed E-state index contributed by atoms with van der Waals surface area (Å²) >= 11 is 0. The first-order chi connectivity index (χ1) is 11.1. The maximum atomic E-state index is 12.1. The minimum Gasteiger partial charge on any atom is -0.465 e. The van der Waals surface area contributed by atoms with Crippen molar-refractivity contribution in [2.75, 3.05) is 7.11 Å². The maximum absolute atomic E-state index is 12.1. The number of hydrogen-bond donors (Lipinski definition) is 1. The number of fused-ring (bicyclic) bond motifs is 1. The Morgan fingerprint density at radius 3 is 2.70 bits per heavy atom. The van der Waals surface area contributed by atoms with E-state index in [1.165, 1.54) is 43.7 Å². The zero-order valence-electron chi connectivity index (χ0n) is 14.7. The Labute approximate surface area is 138 Å². The first-order valence-electron chi connectivity index (χ1n) is 8.46. The molecule has 1 aromatic heterocycles. The molecule has 0 spiro atoms. The molecular formula is C20H27NO2. The molecule has 23 heavy (non-hydrogen) atoms. The van der Waals surface area contributed by atoms with Gasteiger partial charge in [0.15, 0.2) is 0 Å². The normalized spacial score (nSPS) is 11.5. The van der Waals surface area contributed by atoms with E-state index in [4.69, 9.17) is 4.74 Å². The van der Waals surface area contributed by atoms with Crippen LogP contribution in [-0.4, -0.2) is 18.1 Å². The Hall–Kier alpha value is -2.03. The molecule has 0 amide bonds. The zero-order valence-corrected chi connectivity index (χ0v) is 14.7. The molecule has 1 heterocycles. The topological polar surface area (TPSA) is 42.1 Å². The zero-order chi connectivity index (χ0) is 16.8. The van der Waals surface area contributed by atoms with Gasteiger partial charge < -0.3 is 9.72 Å². The molecule has 0 aliphatic carbocycles. The summed E-state index contributed by atoms with van der Waals surface area (Å²) in [6.45, 7) is 6.38. The van der Waals surface area contributed by atoms with E-state index in [0.717, 1.165) is 23.2 Å². The number of allylic oxidation sites excluding steroid dienone is 1. The van der Waals surface area contributed by atoms with Crippen LogP contribution in [0.4, 0.5) is 0 Å². The molecule has 2 rings (SSSR count). The van der Waals surface area contributed by atoms with Crippen molar-refractivity contribution in [2.45, 2.75) is 52.9 Å². The molecule has 0 saturated carbocycles. The molecule has 2 aromatic rings. The number of esters is 1. The van der Waals surface area contributed by atoms with Crippen LogP contribution in [0.3, 0.4) is 0 Å². The van der Waals surface area contributed by atoms with Crippen molar-refractivity contribution in [3.05, 3.63) is 40.6 Å². The van der Waals surface area contributed by atoms with Crippen molar-refractivity contribution in [1.29, 1.82) is 0 Å². The van der Waals surface area contributed by atoms with Crippen molar-refractivity contribution in [3.8, 4) is 0 Å². The molecular weight excluding hydrogens is 286 g/mol. The lowest BCUT2D eigenvalue weighted by atomic mass is 10.0. The number of carbonyl (C=O) groups is 1. The van der Waals surface area contributed by atoms with Crippen LogP contribution in [0.25, 0.3) is 17.0 Å². The molecule has 124 valence electrons. The number of aromatic nitrogens is 1. The number of methoxy groups -OCH3 is 1. The minimum atomic E-state index is -0.289. The summed E-state index contributed by atoms with van der Waals surface area (Å²) in [5, 5.41) is 1.17. The number of aromatic amines is 1. The van der Waals surface area contributed by atoms with Crippen molar-refractivity contribution in [2.24, 2.45) is 0 Å². The molecule has 1 aromatic carbocycles. The number of nitrogens with one attached hydrogen (secondary N) is 1. The number of rotatable bonds is 7. The third kappa shape index (κ3) is 3.84. The molecule has 0 aliphatic rings. The Morgan fingerprint density at radius 1 is 1.22 bits per heavy atom. The number of carbonyl (C=O) groups excluding carboxylic acids is 1. The monoisotopic (exact) mass is 313 g/mol. The maximum Gasteiger partial charge on any atom is 0.338 e. The van der Waals surface area contributed by atoms with Gasteiger partial charge >= 0.3 is 5.97 Å². The largest absolute Gasteiger partial charge is 0.465 e. The second kappa shape index (κ2) is 8.00. The lowest BCUT2D eigenvalue weighted by Gasteiger charge is -2.06. The molecule has 0 unspecified atom stereocenters. The van der Waals surface area contributed by atoms with Crippen molar-refractivity contribution in [1.82, 2.24) is 4.98 Å². The van der Waals surface area contributed by atoms with Gasteiger partial charge in [0.25, 0.3) is 0 Å². The van der Waals surface area contributed by atoms with Gasteiger partial charge in [-0.2, -0.15) is 0 Å². The van der Waals surface area contributed by atoms with Gasteiger partial charge in [0.05, 0.1) is 18.2 Å². The van der Waals surface area contributed by atoms with Crippen LogP contribution in [0, 0.1) is 13.8 Å². The fraction of sp³-hybridized carbons (Fsp3) is 0.450. The molecule has 3 nitrogen and oxygen atoms in total. The molecule has 3 heteroatoms. The molecule has 0 atom stereocenters. The number of unbranched alkanes of at least 4 members (excludes halogenated alkanes) is 4. The van der Waals surface area contributed by atoms with Crippen LogP contribution in [0.5, 0.6) is 0 Å². The van der Waals surface area contributed by atoms with Crippen LogP contribution in [-0.2, 0) is 4.74 Å². The van der Waals surface area contributed by atoms with Crippen molar-refractivity contribution < 1.29 is 9.53 Å². The van der Waals surface area contributed by atoms with E-state index in [-0.39, 0.29) is 5.97 Å². The number of aryl methyl sites for hydroxylation is 2. The van der Waals surface area contributed by atoms with E-state index in [1.807, 2.05) is 12.1 Å². The van der Waals surface area contributed by atoms with Gasteiger partial charge in [0.1, 0.15) is 0 Å². The Balaban J connectivity index is 2.35. The van der Waals surface area contributed by atoms with Gasteiger partial charge in [0, 0.05) is 16.6 Å². The third-order valence-electron chi connectivity index (χ3n) is 4.44. The predicted molar refractivity (Wildman–Crippen MR) is 96.9 cm³/mol. The Bertz CT molecular complexity index is 710. The van der Waals surface area contributed by atoms with Crippen molar-refractivity contribution in [3.63, 3.8) is 0 Å². The highest BCUT2D eigenvalue weighted by atomic mass is 16.5. The number of hydrogen-bond acceptors (Lipinski definition) is 2. The summed E-state index contributed by atoms with van der Waals surface area (Å²) in [6.07, 6.45) is 10.3. The number of benzene rings is 1. The third-order valence-corrected chi connectivity index (χ3v) is 4.44. The van der Waals surface area contributed by atoms with E-state index < -0.39 is 0 Å². The average molecular weight is 313 g/mol. The van der Waals surface area contributed by atoms with Crippen molar-refractivity contribution >= 4 is 22.9 Å². The summed E-state index contributed by atoms with van der Waals surface area (Å²) in [5.41, 5.74) is 4.94. The van der Waals surface area contributed by atoms with Crippen LogP contribution in [0.1, 0.15) is 66.2 Å². The number of H-pyrrole nitrogens is 1. The number of ether oxygens (including phenoxy) is 1. The highest BCUT2D eigenvalue weighted by Gasteiger charge is 2.16. The molecule has 0 aliphatic heterocycles. The summed E-state index contributed by atoms with van der Waals surface area (Å²) < 4.78 is 4.94. The highest BCUT2D eigenvalue weighted by molar-refractivity contribution is 6.02. The van der Waals surface area contributed by atoms with E-state index >= 15 is 0 Å². The van der Waals surface area contributed by atoms with E-state index in [9.17, 15) is 4.79 Å². The summed E-state index contributed by atoms with van der Waals surface area (Å²) in [5.74, 6) is -0.289. The van der Waals surface area contributed by atoms with Crippen LogP contribution in [0.15, 0.2) is 18.2 Å². The second-order valence-corrected chi connectivity index (χ2v) is 6.07. The highest BCUT2D eigenvalue weighted by Crippen LogP contribution is 2.28. The SMILES string of the molecule is CCCCCC/C=C/c1c(C(=O)OC)ccc2c(C)c(C)[nH]c12. The lowest BCUT2D eigenvalue weighted by Crippen LogP contribution is -2.04. The summed E-state index contributed by atoms with van der Waals surface area (Å²) in [6, 6.07) is 3.87. The molecule has 0 saturated heterocycles. The fourth-order valence-electron chi connectivity index (χ4n) is 2.90. The van der Waals surface area contributed by atoms with Gasteiger partial charge in [-0.15, -0.1) is 0 Å². The van der Waals surface area contributed by atoms with Gasteiger partial charge in [-0.1, -0.05) is 44.4 Å². The van der Waals surface area contributed by atoms with Gasteiger partial charge in [0.2, 0.25) is 0 Å². The second-order valence-electron chi connectivity index (χ2n) is 6.07. The van der Waals surface area contributed by atoms with E-state index in [0.29, 0.717) is 5.56 Å². The first-order valence-corrected chi connectivity index (χ1v) is 8.46. The van der Waals surface area contributed by atoms with Crippen LogP contribution < -0.4 is 0 Å². The van der Waals surface area contributed by atoms with Gasteiger partial charge in [-0.05, 0) is 38.3 Å². The standard InChI is InChI=1S/C20H27NO2/c1-5-6-7-8-9-10-11-17-18(20(22)23-4)13-12-16-14(2)15(3)21-19(16)17/h10-13,21H,5-9H2,1-4H3/b11-10+.